The maximum atomic E-state index is 12.5. The number of nitrogens with one attached hydrogen (secondary N) is 1. The summed E-state index contributed by atoms with van der Waals surface area (Å²) in [5.41, 5.74) is 1.29. The lowest BCUT2D eigenvalue weighted by Crippen LogP contribution is -2.37. The van der Waals surface area contributed by atoms with Crippen molar-refractivity contribution < 1.29 is 0 Å². The third kappa shape index (κ3) is 3.71. The molecule has 0 saturated heterocycles. The molecule has 3 rings (SSSR count). The van der Waals surface area contributed by atoms with Crippen LogP contribution in [-0.4, -0.2) is 22.4 Å². The summed E-state index contributed by atoms with van der Waals surface area (Å²) >= 11 is 0. The van der Waals surface area contributed by atoms with Crippen molar-refractivity contribution in [2.24, 2.45) is 0 Å². The van der Waals surface area contributed by atoms with Crippen LogP contribution in [0.4, 0.5) is 0 Å². The van der Waals surface area contributed by atoms with Crippen LogP contribution >= 0.6 is 0 Å². The van der Waals surface area contributed by atoms with E-state index in [0.717, 1.165) is 17.3 Å². The van der Waals surface area contributed by atoms with E-state index in [4.69, 9.17) is 0 Å². The van der Waals surface area contributed by atoms with Gasteiger partial charge >= 0.3 is 0 Å². The van der Waals surface area contributed by atoms with Crippen LogP contribution in [0, 0.1) is 0 Å². The Labute approximate surface area is 142 Å². The number of aromatic nitrogens is 2. The molecule has 1 aromatic heterocycles. The molecule has 0 bridgehead atoms. The number of fused-ring (bicyclic) bond motifs is 1. The Morgan fingerprint density at radius 3 is 2.54 bits per heavy atom. The predicted molar refractivity (Wildman–Crippen MR) is 98.3 cm³/mol. The van der Waals surface area contributed by atoms with Gasteiger partial charge in [-0.05, 0) is 24.5 Å². The van der Waals surface area contributed by atoms with Crippen LogP contribution in [0.3, 0.4) is 0 Å². The molecule has 1 N–H and O–H groups in total. The molecular weight excluding hydrogens is 298 g/mol. The summed E-state index contributed by atoms with van der Waals surface area (Å²) in [5, 5.41) is 9.41. The highest BCUT2D eigenvalue weighted by molar-refractivity contribution is 5.80. The van der Waals surface area contributed by atoms with Gasteiger partial charge in [0.15, 0.2) is 0 Å². The van der Waals surface area contributed by atoms with Crippen molar-refractivity contribution in [1.29, 1.82) is 0 Å². The summed E-state index contributed by atoms with van der Waals surface area (Å²) in [7, 11) is 0. The molecule has 0 spiro atoms. The number of nitrogens with zero attached hydrogens (tertiary/aromatic N) is 2. The minimum atomic E-state index is -0.0298. The minimum Gasteiger partial charge on any atom is -0.312 e. The third-order valence-corrected chi connectivity index (χ3v) is 4.35. The van der Waals surface area contributed by atoms with E-state index in [2.05, 4.69) is 48.5 Å². The van der Waals surface area contributed by atoms with Crippen molar-refractivity contribution in [3.63, 3.8) is 0 Å². The molecule has 0 fully saturated rings. The zero-order valence-corrected chi connectivity index (χ0v) is 14.1. The van der Waals surface area contributed by atoms with Gasteiger partial charge < -0.3 is 5.32 Å². The van der Waals surface area contributed by atoms with Gasteiger partial charge in [-0.25, -0.2) is 4.68 Å². The first-order valence-electron chi connectivity index (χ1n) is 8.38. The average Bonchev–Trinajstić information content (AvgIpc) is 2.63. The highest BCUT2D eigenvalue weighted by Crippen LogP contribution is 2.13. The Bertz CT molecular complexity index is 857. The monoisotopic (exact) mass is 321 g/mol. The van der Waals surface area contributed by atoms with Crippen LogP contribution in [0.25, 0.3) is 10.8 Å². The van der Waals surface area contributed by atoms with E-state index in [1.807, 2.05) is 30.3 Å². The summed E-state index contributed by atoms with van der Waals surface area (Å²) in [4.78, 5) is 12.5. The van der Waals surface area contributed by atoms with E-state index < -0.39 is 0 Å². The first kappa shape index (κ1) is 16.4. The van der Waals surface area contributed by atoms with Crippen molar-refractivity contribution in [2.45, 2.75) is 32.4 Å². The molecule has 4 nitrogen and oxygen atoms in total. The van der Waals surface area contributed by atoms with Gasteiger partial charge in [-0.2, -0.15) is 5.10 Å². The van der Waals surface area contributed by atoms with Gasteiger partial charge in [0.1, 0.15) is 0 Å². The fraction of sp³-hybridized carbons (Fsp3) is 0.300. The van der Waals surface area contributed by atoms with Crippen molar-refractivity contribution in [1.82, 2.24) is 15.1 Å². The van der Waals surface area contributed by atoms with Crippen LogP contribution in [0.1, 0.15) is 25.3 Å². The van der Waals surface area contributed by atoms with E-state index in [0.29, 0.717) is 12.5 Å². The van der Waals surface area contributed by atoms with Crippen LogP contribution < -0.4 is 10.9 Å². The largest absolute Gasteiger partial charge is 0.312 e. The summed E-state index contributed by atoms with van der Waals surface area (Å²) in [6.07, 6.45) is 1.76. The van der Waals surface area contributed by atoms with E-state index in [-0.39, 0.29) is 11.6 Å². The Balaban J connectivity index is 1.64. The van der Waals surface area contributed by atoms with Crippen LogP contribution in [0.5, 0.6) is 0 Å². The Morgan fingerprint density at radius 1 is 1.04 bits per heavy atom. The molecule has 0 radical (unpaired) electrons. The first-order valence-corrected chi connectivity index (χ1v) is 8.38. The lowest BCUT2D eigenvalue weighted by Gasteiger charge is -2.18. The second-order valence-electron chi connectivity index (χ2n) is 6.34. The third-order valence-electron chi connectivity index (χ3n) is 4.35. The van der Waals surface area contributed by atoms with E-state index >= 15 is 0 Å². The van der Waals surface area contributed by atoms with Gasteiger partial charge in [-0.15, -0.1) is 0 Å². The summed E-state index contributed by atoms with van der Waals surface area (Å²) < 4.78 is 1.55. The van der Waals surface area contributed by atoms with E-state index in [1.165, 1.54) is 5.56 Å². The molecule has 124 valence electrons. The van der Waals surface area contributed by atoms with Crippen LogP contribution in [-0.2, 0) is 6.54 Å². The number of hydrogen-bond donors (Lipinski definition) is 1. The highest BCUT2D eigenvalue weighted by Gasteiger charge is 2.10. The molecular formula is C20H23N3O. The van der Waals surface area contributed by atoms with Gasteiger partial charge in [-0.3, -0.25) is 4.79 Å². The fourth-order valence-electron chi connectivity index (χ4n) is 2.86. The SMILES string of the molecule is C[C@H](Cn1ncc2ccccc2c1=O)NC[C@@H](C)c1ccccc1. The predicted octanol–water partition coefficient (Wildman–Crippen LogP) is 3.18. The van der Waals surface area contributed by atoms with Crippen molar-refractivity contribution in [3.05, 3.63) is 76.7 Å². The zero-order valence-electron chi connectivity index (χ0n) is 14.1. The number of benzene rings is 2. The van der Waals surface area contributed by atoms with Gasteiger partial charge in [0.25, 0.3) is 5.56 Å². The minimum absolute atomic E-state index is 0.0298. The second-order valence-corrected chi connectivity index (χ2v) is 6.34. The topological polar surface area (TPSA) is 46.9 Å². The molecule has 3 aromatic rings. The van der Waals surface area contributed by atoms with Crippen molar-refractivity contribution in [2.75, 3.05) is 6.54 Å². The molecule has 2 atom stereocenters. The summed E-state index contributed by atoms with van der Waals surface area (Å²) in [5.74, 6) is 0.426. The highest BCUT2D eigenvalue weighted by atomic mass is 16.1. The zero-order chi connectivity index (χ0) is 16.9. The molecule has 0 unspecified atom stereocenters. The molecule has 0 aliphatic rings. The van der Waals surface area contributed by atoms with Gasteiger partial charge in [0.2, 0.25) is 0 Å². The smallest absolute Gasteiger partial charge is 0.274 e. The molecule has 2 aromatic carbocycles. The normalized spacial score (nSPS) is 13.8. The maximum Gasteiger partial charge on any atom is 0.274 e. The van der Waals surface area contributed by atoms with Crippen LogP contribution in [0.2, 0.25) is 0 Å². The summed E-state index contributed by atoms with van der Waals surface area (Å²) in [6, 6.07) is 18.2. The fourth-order valence-corrected chi connectivity index (χ4v) is 2.86. The molecule has 0 aliphatic heterocycles. The molecule has 0 saturated carbocycles. The number of rotatable bonds is 6. The summed E-state index contributed by atoms with van der Waals surface area (Å²) in [6.45, 7) is 5.72. The van der Waals surface area contributed by atoms with E-state index in [9.17, 15) is 4.79 Å². The molecule has 0 amide bonds. The molecule has 1 heterocycles. The quantitative estimate of drug-likeness (QED) is 0.758. The molecule has 0 aliphatic carbocycles. The van der Waals surface area contributed by atoms with E-state index in [1.54, 1.807) is 10.9 Å². The van der Waals surface area contributed by atoms with Crippen molar-refractivity contribution >= 4 is 10.8 Å². The van der Waals surface area contributed by atoms with Gasteiger partial charge in [0.05, 0.1) is 18.1 Å². The van der Waals surface area contributed by atoms with Crippen LogP contribution in [0.15, 0.2) is 65.6 Å². The average molecular weight is 321 g/mol. The Kier molecular flexibility index (Phi) is 5.06. The second kappa shape index (κ2) is 7.41. The first-order chi connectivity index (χ1) is 11.6. The molecule has 4 heteroatoms. The standard InChI is InChI=1S/C20H23N3O/c1-15(17-8-4-3-5-9-17)12-21-16(2)14-23-20(24)19-11-7-6-10-18(19)13-22-23/h3-11,13,15-16,21H,12,14H2,1-2H3/t15-,16-/m1/s1. The lowest BCUT2D eigenvalue weighted by atomic mass is 10.0. The maximum absolute atomic E-state index is 12.5. The van der Waals surface area contributed by atoms with Crippen molar-refractivity contribution in [3.8, 4) is 0 Å². The Morgan fingerprint density at radius 2 is 1.75 bits per heavy atom. The van der Waals surface area contributed by atoms with Gasteiger partial charge in [-0.1, -0.05) is 55.5 Å². The number of hydrogen-bond acceptors (Lipinski definition) is 3. The Hall–Kier alpha value is -2.46. The molecule has 24 heavy (non-hydrogen) atoms. The van der Waals surface area contributed by atoms with Gasteiger partial charge in [0, 0.05) is 18.0 Å². The lowest BCUT2D eigenvalue weighted by molar-refractivity contribution is 0.430.